The van der Waals surface area contributed by atoms with Crippen molar-refractivity contribution in [3.8, 4) is 5.75 Å². The first kappa shape index (κ1) is 21.6. The van der Waals surface area contributed by atoms with Crippen molar-refractivity contribution >= 4 is 16.0 Å². The van der Waals surface area contributed by atoms with Crippen LogP contribution in [0.3, 0.4) is 0 Å². The summed E-state index contributed by atoms with van der Waals surface area (Å²) in [5, 5.41) is 11.2. The van der Waals surface area contributed by atoms with Crippen molar-refractivity contribution in [2.75, 3.05) is 6.54 Å². The maximum atomic E-state index is 12.5. The van der Waals surface area contributed by atoms with Crippen LogP contribution in [0.15, 0.2) is 58.4 Å². The van der Waals surface area contributed by atoms with Gasteiger partial charge in [-0.2, -0.15) is 8.78 Å². The molecule has 0 bridgehead atoms. The van der Waals surface area contributed by atoms with Gasteiger partial charge in [0, 0.05) is 18.7 Å². The van der Waals surface area contributed by atoms with E-state index >= 15 is 0 Å². The largest absolute Gasteiger partial charge is 0.434 e. The quantitative estimate of drug-likeness (QED) is 0.455. The van der Waals surface area contributed by atoms with Crippen molar-refractivity contribution in [1.82, 2.24) is 10.6 Å². The normalized spacial score (nSPS) is 12.1. The summed E-state index contributed by atoms with van der Waals surface area (Å²) in [6.07, 6.45) is 0. The number of aliphatic imine (C=N–C) groups is 1. The number of hydrogen-bond acceptors (Lipinski definition) is 4. The number of alkyl halides is 2. The molecule has 0 saturated heterocycles. The monoisotopic (exact) mass is 412 g/mol. The Labute approximate surface area is 162 Å². The van der Waals surface area contributed by atoms with Gasteiger partial charge in [-0.1, -0.05) is 30.3 Å². The number of ether oxygens (including phenoxy) is 1. The lowest BCUT2D eigenvalue weighted by atomic mass is 10.2. The fourth-order valence-corrected chi connectivity index (χ4v) is 2.96. The van der Waals surface area contributed by atoms with Crippen molar-refractivity contribution in [3.63, 3.8) is 0 Å². The van der Waals surface area contributed by atoms with Gasteiger partial charge in [-0.3, -0.25) is 0 Å². The van der Waals surface area contributed by atoms with Crippen LogP contribution in [-0.2, 0) is 23.1 Å². The van der Waals surface area contributed by atoms with Crippen LogP contribution < -0.4 is 20.5 Å². The Balaban J connectivity index is 2.10. The molecule has 2 aromatic rings. The molecule has 0 amide bonds. The lowest BCUT2D eigenvalue weighted by Crippen LogP contribution is -2.36. The van der Waals surface area contributed by atoms with E-state index in [4.69, 9.17) is 5.14 Å². The molecule has 28 heavy (non-hydrogen) atoms. The fraction of sp³-hybridized carbons (Fsp3) is 0.278. The number of rotatable bonds is 8. The van der Waals surface area contributed by atoms with Crippen LogP contribution in [0.5, 0.6) is 5.75 Å². The zero-order valence-corrected chi connectivity index (χ0v) is 16.0. The summed E-state index contributed by atoms with van der Waals surface area (Å²) in [6.45, 7) is -0.0285. The highest BCUT2D eigenvalue weighted by Gasteiger charge is 2.10. The van der Waals surface area contributed by atoms with E-state index in [2.05, 4.69) is 20.4 Å². The number of sulfonamides is 1. The molecule has 2 rings (SSSR count). The smallest absolute Gasteiger partial charge is 0.387 e. The van der Waals surface area contributed by atoms with Crippen LogP contribution >= 0.6 is 0 Å². The van der Waals surface area contributed by atoms with Crippen molar-refractivity contribution in [2.45, 2.75) is 31.5 Å². The van der Waals surface area contributed by atoms with E-state index in [1.54, 1.807) is 30.3 Å². The molecule has 152 valence electrons. The zero-order valence-electron chi connectivity index (χ0n) is 15.2. The van der Waals surface area contributed by atoms with Gasteiger partial charge < -0.3 is 15.4 Å². The first-order valence-electron chi connectivity index (χ1n) is 8.46. The topological polar surface area (TPSA) is 106 Å². The van der Waals surface area contributed by atoms with Crippen LogP contribution in [0.4, 0.5) is 8.78 Å². The number of primary sulfonamides is 1. The van der Waals surface area contributed by atoms with Gasteiger partial charge in [0.25, 0.3) is 0 Å². The second-order valence-corrected chi connectivity index (χ2v) is 7.29. The summed E-state index contributed by atoms with van der Waals surface area (Å²) >= 11 is 0. The van der Waals surface area contributed by atoms with Crippen LogP contribution in [0.1, 0.15) is 18.1 Å². The minimum atomic E-state index is -3.79. The molecule has 0 spiro atoms. The summed E-state index contributed by atoms with van der Waals surface area (Å²) < 4.78 is 52.4. The van der Waals surface area contributed by atoms with Crippen molar-refractivity contribution in [2.24, 2.45) is 10.1 Å². The average molecular weight is 412 g/mol. The van der Waals surface area contributed by atoms with E-state index in [1.807, 2.05) is 6.92 Å². The molecule has 0 saturated carbocycles. The third kappa shape index (κ3) is 6.78. The molecule has 0 aliphatic heterocycles. The molecule has 0 aliphatic rings. The summed E-state index contributed by atoms with van der Waals surface area (Å²) in [7, 11) is -3.79. The Hall–Kier alpha value is -2.72. The number of guanidine groups is 1. The summed E-state index contributed by atoms with van der Waals surface area (Å²) in [5.74, 6) is 0.525. The van der Waals surface area contributed by atoms with Gasteiger partial charge in [0.2, 0.25) is 10.0 Å². The van der Waals surface area contributed by atoms with Crippen LogP contribution in [0, 0.1) is 0 Å². The molecule has 4 N–H and O–H groups in total. The second-order valence-electron chi connectivity index (χ2n) is 5.73. The van der Waals surface area contributed by atoms with Crippen molar-refractivity contribution in [1.29, 1.82) is 0 Å². The zero-order chi connectivity index (χ0) is 20.6. The Morgan fingerprint density at radius 1 is 1.18 bits per heavy atom. The van der Waals surface area contributed by atoms with E-state index in [0.717, 1.165) is 0 Å². The van der Waals surface area contributed by atoms with Crippen LogP contribution in [0.2, 0.25) is 0 Å². The molecule has 0 radical (unpaired) electrons. The predicted molar refractivity (Wildman–Crippen MR) is 103 cm³/mol. The Bertz CT molecular complexity index is 921. The Morgan fingerprint density at radius 2 is 1.93 bits per heavy atom. The molecule has 0 atom stereocenters. The third-order valence-electron chi connectivity index (χ3n) is 3.63. The van der Waals surface area contributed by atoms with E-state index < -0.39 is 16.6 Å². The number of hydrogen-bond donors (Lipinski definition) is 3. The number of halogens is 2. The first-order chi connectivity index (χ1) is 13.3. The van der Waals surface area contributed by atoms with Gasteiger partial charge in [0.1, 0.15) is 5.75 Å². The Kier molecular flexibility index (Phi) is 7.70. The molecule has 0 unspecified atom stereocenters. The molecular formula is C18H22F2N4O3S. The molecule has 0 heterocycles. The number of nitrogens with two attached hydrogens (primary N) is 1. The van der Waals surface area contributed by atoms with E-state index in [9.17, 15) is 17.2 Å². The van der Waals surface area contributed by atoms with Crippen molar-refractivity contribution < 1.29 is 21.9 Å². The van der Waals surface area contributed by atoms with Gasteiger partial charge >= 0.3 is 6.61 Å². The highest BCUT2D eigenvalue weighted by atomic mass is 32.2. The number of nitrogens with zero attached hydrogens (tertiary/aromatic N) is 1. The van der Waals surface area contributed by atoms with E-state index in [0.29, 0.717) is 23.6 Å². The minimum Gasteiger partial charge on any atom is -0.434 e. The molecule has 2 aromatic carbocycles. The molecular weight excluding hydrogens is 390 g/mol. The standard InChI is InChI=1S/C18H22F2N4O3S/c1-2-22-18(23-11-13-6-5-8-15(10-13)28(21,25)26)24-12-14-7-3-4-9-16(14)27-17(19)20/h3-10,17H,2,11-12H2,1H3,(H2,21,25,26)(H2,22,23,24). The summed E-state index contributed by atoms with van der Waals surface area (Å²) in [5.41, 5.74) is 1.20. The van der Waals surface area contributed by atoms with Gasteiger partial charge in [0.15, 0.2) is 5.96 Å². The average Bonchev–Trinajstić information content (AvgIpc) is 2.64. The van der Waals surface area contributed by atoms with Crippen LogP contribution in [-0.4, -0.2) is 27.5 Å². The van der Waals surface area contributed by atoms with Gasteiger partial charge in [0.05, 0.1) is 11.4 Å². The summed E-state index contributed by atoms with van der Waals surface area (Å²) in [6, 6.07) is 12.6. The SMILES string of the molecule is CCNC(=NCc1cccc(S(N)(=O)=O)c1)NCc1ccccc1OC(F)F. The van der Waals surface area contributed by atoms with E-state index in [1.165, 1.54) is 18.2 Å². The third-order valence-corrected chi connectivity index (χ3v) is 4.54. The molecule has 0 aromatic heterocycles. The number of nitrogens with one attached hydrogen (secondary N) is 2. The highest BCUT2D eigenvalue weighted by Crippen LogP contribution is 2.20. The van der Waals surface area contributed by atoms with E-state index in [-0.39, 0.29) is 23.7 Å². The number of para-hydroxylation sites is 1. The second kappa shape index (κ2) is 10.00. The predicted octanol–water partition coefficient (Wildman–Crippen LogP) is 2.19. The fourth-order valence-electron chi connectivity index (χ4n) is 2.37. The first-order valence-corrected chi connectivity index (χ1v) is 10.0. The highest BCUT2D eigenvalue weighted by molar-refractivity contribution is 7.89. The maximum Gasteiger partial charge on any atom is 0.387 e. The van der Waals surface area contributed by atoms with Crippen molar-refractivity contribution in [3.05, 3.63) is 59.7 Å². The lowest BCUT2D eigenvalue weighted by Gasteiger charge is -2.14. The Morgan fingerprint density at radius 3 is 2.61 bits per heavy atom. The molecule has 0 aliphatic carbocycles. The molecule has 10 heteroatoms. The number of benzene rings is 2. The summed E-state index contributed by atoms with van der Waals surface area (Å²) in [4.78, 5) is 4.39. The minimum absolute atomic E-state index is 0.0104. The molecule has 7 nitrogen and oxygen atoms in total. The van der Waals surface area contributed by atoms with Gasteiger partial charge in [-0.25, -0.2) is 18.5 Å². The van der Waals surface area contributed by atoms with Gasteiger partial charge in [-0.15, -0.1) is 0 Å². The van der Waals surface area contributed by atoms with Gasteiger partial charge in [-0.05, 0) is 30.7 Å². The molecule has 0 fully saturated rings. The van der Waals surface area contributed by atoms with Crippen LogP contribution in [0.25, 0.3) is 0 Å². The lowest BCUT2D eigenvalue weighted by molar-refractivity contribution is -0.0504. The maximum absolute atomic E-state index is 12.5.